The zero-order valence-corrected chi connectivity index (χ0v) is 20.8. The lowest BCUT2D eigenvalue weighted by Gasteiger charge is -2.10. The van der Waals surface area contributed by atoms with Crippen LogP contribution in [0, 0.1) is 11.3 Å². The third-order valence-corrected chi connectivity index (χ3v) is 6.78. The second-order valence-electron chi connectivity index (χ2n) is 8.53. The summed E-state index contributed by atoms with van der Waals surface area (Å²) in [5.41, 5.74) is 2.85. The predicted octanol–water partition coefficient (Wildman–Crippen LogP) is 6.88. The van der Waals surface area contributed by atoms with E-state index in [1.54, 1.807) is 30.5 Å². The number of nitrogens with zero attached hydrogens (tertiary/aromatic N) is 6. The Labute approximate surface area is 216 Å². The molecular weight excluding hydrogens is 486 g/mol. The minimum absolute atomic E-state index is 0.0943. The maximum Gasteiger partial charge on any atom is 0.247 e. The Hall–Kier alpha value is -4.88. The minimum Gasteiger partial charge on any atom is -0.505 e. The first kappa shape index (κ1) is 23.8. The number of hydrogen-bond donors (Lipinski definition) is 2. The third kappa shape index (κ3) is 4.55. The van der Waals surface area contributed by atoms with E-state index in [1.807, 2.05) is 6.07 Å². The Balaban J connectivity index is 1.54. The maximum absolute atomic E-state index is 11.8. The maximum atomic E-state index is 11.8. The average Bonchev–Trinajstić information content (AvgIpc) is 3.52. The molecule has 2 aromatic heterocycles. The molecule has 0 aliphatic heterocycles. The van der Waals surface area contributed by atoms with Crippen LogP contribution in [0.1, 0.15) is 30.9 Å². The van der Waals surface area contributed by atoms with Crippen LogP contribution in [0.15, 0.2) is 77.6 Å². The van der Waals surface area contributed by atoms with Gasteiger partial charge in [0.15, 0.2) is 0 Å². The van der Waals surface area contributed by atoms with Crippen molar-refractivity contribution in [3.8, 4) is 17.0 Å². The van der Waals surface area contributed by atoms with Crippen LogP contribution in [0.3, 0.4) is 0 Å². The molecule has 0 aliphatic carbocycles. The molecule has 0 saturated carbocycles. The van der Waals surface area contributed by atoms with E-state index in [-0.39, 0.29) is 22.8 Å². The Morgan fingerprint density at radius 2 is 2.00 bits per heavy atom. The summed E-state index contributed by atoms with van der Waals surface area (Å²) in [6.45, 7) is 7.72. The van der Waals surface area contributed by atoms with Crippen molar-refractivity contribution in [3.63, 3.8) is 0 Å². The highest BCUT2D eigenvalue weighted by Crippen LogP contribution is 2.40. The molecule has 0 aliphatic rings. The van der Waals surface area contributed by atoms with E-state index in [0.717, 1.165) is 16.3 Å². The number of aromatic hydroxyl groups is 1. The molecule has 0 atom stereocenters. The molecule has 9 nitrogen and oxygen atoms in total. The van der Waals surface area contributed by atoms with Crippen LogP contribution >= 0.6 is 11.3 Å². The molecule has 0 radical (unpaired) electrons. The first-order chi connectivity index (χ1) is 17.9. The van der Waals surface area contributed by atoms with Gasteiger partial charge < -0.3 is 10.4 Å². The van der Waals surface area contributed by atoms with Crippen molar-refractivity contribution in [1.82, 2.24) is 14.8 Å². The van der Waals surface area contributed by atoms with Crippen molar-refractivity contribution in [1.29, 1.82) is 5.26 Å². The summed E-state index contributed by atoms with van der Waals surface area (Å²) >= 11 is 1.47. The van der Waals surface area contributed by atoms with Gasteiger partial charge in [0, 0.05) is 10.8 Å². The van der Waals surface area contributed by atoms with Gasteiger partial charge >= 0.3 is 0 Å². The zero-order chi connectivity index (χ0) is 26.1. The van der Waals surface area contributed by atoms with Crippen LogP contribution in [-0.2, 0) is 4.79 Å². The number of phenols is 1. The fourth-order valence-corrected chi connectivity index (χ4v) is 4.75. The molecule has 1 amide bonds. The molecule has 10 heteroatoms. The minimum atomic E-state index is -0.477. The van der Waals surface area contributed by atoms with Crippen molar-refractivity contribution < 1.29 is 9.90 Å². The van der Waals surface area contributed by atoms with E-state index in [0.29, 0.717) is 27.5 Å². The van der Waals surface area contributed by atoms with E-state index in [9.17, 15) is 15.2 Å². The van der Waals surface area contributed by atoms with Gasteiger partial charge in [-0.15, -0.1) is 15.3 Å². The van der Waals surface area contributed by atoms with Crippen molar-refractivity contribution in [2.75, 3.05) is 5.32 Å². The van der Waals surface area contributed by atoms with Crippen LogP contribution in [0.4, 0.5) is 17.2 Å². The molecule has 182 valence electrons. The summed E-state index contributed by atoms with van der Waals surface area (Å²) in [5.74, 6) is -0.0459. The van der Waals surface area contributed by atoms with Gasteiger partial charge in [-0.1, -0.05) is 62.1 Å². The molecule has 0 bridgehead atoms. The van der Waals surface area contributed by atoms with Crippen molar-refractivity contribution in [2.24, 2.45) is 10.2 Å². The number of benzene rings is 3. The number of rotatable bonds is 6. The molecule has 0 unspecified atom stereocenters. The van der Waals surface area contributed by atoms with E-state index < -0.39 is 5.91 Å². The van der Waals surface area contributed by atoms with Gasteiger partial charge in [0.1, 0.15) is 17.4 Å². The quantitative estimate of drug-likeness (QED) is 0.147. The number of phenolic OH excluding ortho intramolecular Hbond substituents is 1. The van der Waals surface area contributed by atoms with Crippen LogP contribution in [0.25, 0.3) is 26.1 Å². The molecule has 5 rings (SSSR count). The zero-order valence-electron chi connectivity index (χ0n) is 20.0. The number of carbonyl (C=O) groups excluding carboxylic acids is 1. The predicted molar refractivity (Wildman–Crippen MR) is 144 cm³/mol. The highest BCUT2D eigenvalue weighted by atomic mass is 32.1. The normalized spacial score (nSPS) is 11.4. The molecule has 0 spiro atoms. The summed E-state index contributed by atoms with van der Waals surface area (Å²) in [7, 11) is 0. The summed E-state index contributed by atoms with van der Waals surface area (Å²) in [6, 6.07) is 16.8. The van der Waals surface area contributed by atoms with E-state index >= 15 is 0 Å². The Bertz CT molecular complexity index is 1760. The van der Waals surface area contributed by atoms with Gasteiger partial charge in [-0.3, -0.25) is 4.79 Å². The molecule has 0 saturated heterocycles. The Morgan fingerprint density at radius 1 is 1.22 bits per heavy atom. The first-order valence-corrected chi connectivity index (χ1v) is 12.2. The molecular formula is C27H21N7O2S. The van der Waals surface area contributed by atoms with Gasteiger partial charge in [0.25, 0.3) is 0 Å². The average molecular weight is 508 g/mol. The van der Waals surface area contributed by atoms with Crippen LogP contribution in [0.2, 0.25) is 0 Å². The molecule has 0 fully saturated rings. The van der Waals surface area contributed by atoms with Gasteiger partial charge in [-0.2, -0.15) is 5.26 Å². The summed E-state index contributed by atoms with van der Waals surface area (Å²) in [6.07, 6.45) is 2.67. The van der Waals surface area contributed by atoms with Gasteiger partial charge in [0.2, 0.25) is 16.9 Å². The topological polar surface area (TPSA) is 129 Å². The summed E-state index contributed by atoms with van der Waals surface area (Å²) < 4.78 is 2.56. The number of fused-ring (bicyclic) bond motifs is 2. The second-order valence-corrected chi connectivity index (χ2v) is 9.54. The number of nitrogens with one attached hydrogen (secondary N) is 1. The monoisotopic (exact) mass is 507 g/mol. The van der Waals surface area contributed by atoms with Crippen LogP contribution in [-0.4, -0.2) is 25.8 Å². The van der Waals surface area contributed by atoms with Gasteiger partial charge in [-0.05, 0) is 35.8 Å². The van der Waals surface area contributed by atoms with Gasteiger partial charge in [0.05, 0.1) is 27.8 Å². The van der Waals surface area contributed by atoms with Gasteiger partial charge in [-0.25, -0.2) is 9.67 Å². The van der Waals surface area contributed by atoms with Crippen molar-refractivity contribution >= 4 is 55.4 Å². The van der Waals surface area contributed by atoms with E-state index in [2.05, 4.69) is 64.3 Å². The standard InChI is InChI=1S/C27H21N7O2S/c1-4-24(35)29-22-12-21(18-7-5-6-8-19(18)25(22)36)31-32-26-17(13-28)14-34(33-26)27-30-20-10-9-16(15(2)3)11-23(20)37-27/h4-12,14-15,36H,1H2,2-3H3,(H,29,35). The van der Waals surface area contributed by atoms with Crippen molar-refractivity contribution in [3.05, 3.63) is 78.5 Å². The number of carbonyl (C=O) groups is 1. The Morgan fingerprint density at radius 3 is 2.73 bits per heavy atom. The summed E-state index contributed by atoms with van der Waals surface area (Å²) in [5, 5.41) is 37.6. The third-order valence-electron chi connectivity index (χ3n) is 5.77. The van der Waals surface area contributed by atoms with E-state index in [4.69, 9.17) is 0 Å². The summed E-state index contributed by atoms with van der Waals surface area (Å²) in [4.78, 5) is 16.5. The number of amides is 1. The highest BCUT2D eigenvalue weighted by molar-refractivity contribution is 7.20. The molecule has 3 aromatic carbocycles. The largest absolute Gasteiger partial charge is 0.505 e. The lowest BCUT2D eigenvalue weighted by molar-refractivity contribution is -0.111. The molecule has 5 aromatic rings. The smallest absolute Gasteiger partial charge is 0.247 e. The lowest BCUT2D eigenvalue weighted by Crippen LogP contribution is -2.07. The number of anilines is 1. The second kappa shape index (κ2) is 9.64. The number of thiazole rings is 1. The lowest BCUT2D eigenvalue weighted by atomic mass is 10.0. The molecule has 37 heavy (non-hydrogen) atoms. The van der Waals surface area contributed by atoms with Crippen molar-refractivity contribution in [2.45, 2.75) is 19.8 Å². The number of aromatic nitrogens is 3. The molecule has 2 heterocycles. The number of azo groups is 1. The first-order valence-electron chi connectivity index (χ1n) is 11.4. The SMILES string of the molecule is C=CC(=O)Nc1cc(N=Nc2nn(-c3nc4ccc(C(C)C)cc4s3)cc2C#N)c2ccccc2c1O. The fourth-order valence-electron chi connectivity index (χ4n) is 3.81. The van der Waals surface area contributed by atoms with Crippen LogP contribution < -0.4 is 5.32 Å². The van der Waals surface area contributed by atoms with Crippen LogP contribution in [0.5, 0.6) is 5.75 Å². The molecule has 2 N–H and O–H groups in total. The number of nitriles is 1. The Kier molecular flexibility index (Phi) is 6.21. The van der Waals surface area contributed by atoms with E-state index in [1.165, 1.54) is 27.6 Å². The fraction of sp³-hybridized carbons (Fsp3) is 0.111. The highest BCUT2D eigenvalue weighted by Gasteiger charge is 2.16. The number of hydrogen-bond acceptors (Lipinski definition) is 8.